The first-order valence-electron chi connectivity index (χ1n) is 6.52. The molecule has 0 saturated carbocycles. The molecule has 2 aromatic rings. The van der Waals surface area contributed by atoms with Gasteiger partial charge >= 0.3 is 0 Å². The summed E-state index contributed by atoms with van der Waals surface area (Å²) in [5.41, 5.74) is 1.77. The third-order valence-electron chi connectivity index (χ3n) is 2.84. The first-order valence-corrected chi connectivity index (χ1v) is 7.06. The molecule has 21 heavy (non-hydrogen) atoms. The molecule has 0 aliphatic rings. The predicted octanol–water partition coefficient (Wildman–Crippen LogP) is 4.22. The molecule has 0 aliphatic carbocycles. The van der Waals surface area contributed by atoms with Crippen molar-refractivity contribution in [3.63, 3.8) is 0 Å². The van der Waals surface area contributed by atoms with Crippen molar-refractivity contribution in [1.82, 2.24) is 0 Å². The summed E-state index contributed by atoms with van der Waals surface area (Å²) < 4.78 is 18.5. The van der Waals surface area contributed by atoms with Crippen LogP contribution >= 0.6 is 11.6 Å². The van der Waals surface area contributed by atoms with Gasteiger partial charge < -0.3 is 10.1 Å². The van der Waals surface area contributed by atoms with Crippen molar-refractivity contribution in [3.05, 3.63) is 59.4 Å². The molecule has 0 saturated heterocycles. The van der Waals surface area contributed by atoms with Gasteiger partial charge in [-0.25, -0.2) is 4.39 Å². The summed E-state index contributed by atoms with van der Waals surface area (Å²) in [6.07, 6.45) is 0. The van der Waals surface area contributed by atoms with Gasteiger partial charge in [0.15, 0.2) is 0 Å². The number of amides is 1. The summed E-state index contributed by atoms with van der Waals surface area (Å²) in [7, 11) is 0. The zero-order valence-electron chi connectivity index (χ0n) is 11.5. The molecule has 1 N–H and O–H groups in total. The maximum Gasteiger partial charge on any atom is 0.255 e. The van der Waals surface area contributed by atoms with Gasteiger partial charge in [-0.15, -0.1) is 11.6 Å². The minimum absolute atomic E-state index is 0.297. The highest BCUT2D eigenvalue weighted by Gasteiger charge is 2.11. The van der Waals surface area contributed by atoms with Crippen molar-refractivity contribution < 1.29 is 13.9 Å². The molecule has 2 rings (SSSR count). The Morgan fingerprint density at radius 2 is 2.10 bits per heavy atom. The van der Waals surface area contributed by atoms with E-state index in [9.17, 15) is 9.18 Å². The molecule has 3 nitrogen and oxygen atoms in total. The second-order valence-electron chi connectivity index (χ2n) is 4.36. The van der Waals surface area contributed by atoms with E-state index in [4.69, 9.17) is 16.3 Å². The van der Waals surface area contributed by atoms with Crippen molar-refractivity contribution in [1.29, 1.82) is 0 Å². The molecule has 0 unspecified atom stereocenters. The lowest BCUT2D eigenvalue weighted by atomic mass is 10.1. The number of carbonyl (C=O) groups is 1. The van der Waals surface area contributed by atoms with Crippen LogP contribution in [0.1, 0.15) is 22.8 Å². The summed E-state index contributed by atoms with van der Waals surface area (Å²) in [4.78, 5) is 12.2. The third-order valence-corrected chi connectivity index (χ3v) is 3.14. The molecule has 0 bridgehead atoms. The molecule has 1 amide bonds. The molecule has 0 atom stereocenters. The van der Waals surface area contributed by atoms with Crippen LogP contribution in [-0.2, 0) is 5.88 Å². The molecular weight excluding hydrogens is 293 g/mol. The fraction of sp³-hybridized carbons (Fsp3) is 0.188. The fourth-order valence-electron chi connectivity index (χ4n) is 1.86. The molecule has 0 spiro atoms. The molecule has 110 valence electrons. The largest absolute Gasteiger partial charge is 0.492 e. The third kappa shape index (κ3) is 3.95. The number of rotatable bonds is 5. The molecule has 0 radical (unpaired) electrons. The number of ether oxygens (including phenoxy) is 1. The van der Waals surface area contributed by atoms with Crippen molar-refractivity contribution in [2.24, 2.45) is 0 Å². The smallest absolute Gasteiger partial charge is 0.255 e. The number of hydrogen-bond donors (Lipinski definition) is 1. The Morgan fingerprint density at radius 1 is 1.29 bits per heavy atom. The van der Waals surface area contributed by atoms with E-state index in [1.807, 2.05) is 6.07 Å². The van der Waals surface area contributed by atoms with Gasteiger partial charge in [-0.1, -0.05) is 12.1 Å². The van der Waals surface area contributed by atoms with Gasteiger partial charge in [-0.3, -0.25) is 4.79 Å². The summed E-state index contributed by atoms with van der Waals surface area (Å²) >= 11 is 5.75. The van der Waals surface area contributed by atoms with Gasteiger partial charge in [0.1, 0.15) is 11.6 Å². The van der Waals surface area contributed by atoms with Crippen LogP contribution in [0.3, 0.4) is 0 Å². The highest BCUT2D eigenvalue weighted by atomic mass is 35.5. The topological polar surface area (TPSA) is 38.3 Å². The van der Waals surface area contributed by atoms with Crippen molar-refractivity contribution >= 4 is 23.2 Å². The van der Waals surface area contributed by atoms with E-state index in [0.717, 1.165) is 5.56 Å². The Kier molecular flexibility index (Phi) is 5.17. The molecule has 5 heteroatoms. The fourth-order valence-corrected chi connectivity index (χ4v) is 2.03. The van der Waals surface area contributed by atoms with Gasteiger partial charge in [0.05, 0.1) is 12.3 Å². The SMILES string of the molecule is CCOc1cc(F)ccc1NC(=O)c1cccc(CCl)c1. The average molecular weight is 308 g/mol. The Balaban J connectivity index is 2.22. The molecule has 0 aliphatic heterocycles. The molecule has 0 aromatic heterocycles. The van der Waals surface area contributed by atoms with Gasteiger partial charge in [0.25, 0.3) is 5.91 Å². The Hall–Kier alpha value is -2.07. The number of anilines is 1. The Morgan fingerprint density at radius 3 is 2.81 bits per heavy atom. The number of alkyl halides is 1. The molecule has 0 heterocycles. The van der Waals surface area contributed by atoms with Gasteiger partial charge in [-0.05, 0) is 36.8 Å². The van der Waals surface area contributed by atoms with E-state index in [0.29, 0.717) is 29.5 Å². The van der Waals surface area contributed by atoms with Crippen LogP contribution in [-0.4, -0.2) is 12.5 Å². The van der Waals surface area contributed by atoms with E-state index in [1.54, 1.807) is 25.1 Å². The standard InChI is InChI=1S/C16H15ClFNO2/c1-2-21-15-9-13(18)6-7-14(15)19-16(20)12-5-3-4-11(8-12)10-17/h3-9H,2,10H2,1H3,(H,19,20). The van der Waals surface area contributed by atoms with Crippen LogP contribution in [0.25, 0.3) is 0 Å². The van der Waals surface area contributed by atoms with Crippen LogP contribution in [0.5, 0.6) is 5.75 Å². The minimum atomic E-state index is -0.416. The van der Waals surface area contributed by atoms with Crippen molar-refractivity contribution in [3.8, 4) is 5.75 Å². The lowest BCUT2D eigenvalue weighted by molar-refractivity contribution is 0.102. The number of carbonyl (C=O) groups excluding carboxylic acids is 1. The Labute approximate surface area is 127 Å². The Bertz CT molecular complexity index is 646. The normalized spacial score (nSPS) is 10.2. The monoisotopic (exact) mass is 307 g/mol. The van der Waals surface area contributed by atoms with Gasteiger partial charge in [0, 0.05) is 17.5 Å². The lowest BCUT2D eigenvalue weighted by Crippen LogP contribution is -2.13. The number of nitrogens with one attached hydrogen (secondary N) is 1. The summed E-state index contributed by atoms with van der Waals surface area (Å²) in [5.74, 6) is -0.0727. The second-order valence-corrected chi connectivity index (χ2v) is 4.63. The number of halogens is 2. The predicted molar refractivity (Wildman–Crippen MR) is 81.5 cm³/mol. The van der Waals surface area contributed by atoms with E-state index in [-0.39, 0.29) is 5.91 Å². The highest BCUT2D eigenvalue weighted by Crippen LogP contribution is 2.26. The first kappa shape index (κ1) is 15.3. The van der Waals surface area contributed by atoms with Crippen molar-refractivity contribution in [2.75, 3.05) is 11.9 Å². The first-order chi connectivity index (χ1) is 10.1. The second kappa shape index (κ2) is 7.09. The highest BCUT2D eigenvalue weighted by molar-refractivity contribution is 6.17. The summed E-state index contributed by atoms with van der Waals surface area (Å²) in [5, 5.41) is 2.72. The van der Waals surface area contributed by atoms with Gasteiger partial charge in [-0.2, -0.15) is 0 Å². The van der Waals surface area contributed by atoms with E-state index in [1.165, 1.54) is 18.2 Å². The van der Waals surface area contributed by atoms with E-state index >= 15 is 0 Å². The molecular formula is C16H15ClFNO2. The average Bonchev–Trinajstić information content (AvgIpc) is 2.50. The van der Waals surface area contributed by atoms with Crippen LogP contribution in [0.4, 0.5) is 10.1 Å². The maximum atomic E-state index is 13.2. The molecule has 2 aromatic carbocycles. The zero-order valence-corrected chi connectivity index (χ0v) is 12.3. The van der Waals surface area contributed by atoms with Crippen molar-refractivity contribution in [2.45, 2.75) is 12.8 Å². The minimum Gasteiger partial charge on any atom is -0.492 e. The van der Waals surface area contributed by atoms with Crippen LogP contribution in [0.15, 0.2) is 42.5 Å². The van der Waals surface area contributed by atoms with Crippen LogP contribution < -0.4 is 10.1 Å². The van der Waals surface area contributed by atoms with E-state index < -0.39 is 5.82 Å². The van der Waals surface area contributed by atoms with Gasteiger partial charge in [0.2, 0.25) is 0 Å². The van der Waals surface area contributed by atoms with E-state index in [2.05, 4.69) is 5.32 Å². The summed E-state index contributed by atoms with van der Waals surface area (Å²) in [6, 6.07) is 11.0. The quantitative estimate of drug-likeness (QED) is 0.840. The summed E-state index contributed by atoms with van der Waals surface area (Å²) in [6.45, 7) is 2.18. The zero-order chi connectivity index (χ0) is 15.2. The number of hydrogen-bond acceptors (Lipinski definition) is 2. The number of benzene rings is 2. The van der Waals surface area contributed by atoms with Crippen LogP contribution in [0.2, 0.25) is 0 Å². The van der Waals surface area contributed by atoms with Crippen LogP contribution in [0, 0.1) is 5.82 Å². The molecule has 0 fully saturated rings. The lowest BCUT2D eigenvalue weighted by Gasteiger charge is -2.12. The maximum absolute atomic E-state index is 13.2.